The molecule has 0 spiro atoms. The van der Waals surface area contributed by atoms with Gasteiger partial charge in [-0.15, -0.1) is 0 Å². The van der Waals surface area contributed by atoms with E-state index in [9.17, 15) is 10.2 Å². The van der Waals surface area contributed by atoms with Gasteiger partial charge in [-0.3, -0.25) is 0 Å². The number of aliphatic hydroxyl groups excluding tert-OH is 2. The van der Waals surface area contributed by atoms with Crippen molar-refractivity contribution in [2.45, 2.75) is 31.0 Å². The summed E-state index contributed by atoms with van der Waals surface area (Å²) in [4.78, 5) is 0. The first-order valence-corrected chi connectivity index (χ1v) is 5.90. The van der Waals surface area contributed by atoms with Crippen molar-refractivity contribution < 1.29 is 19.7 Å². The maximum Gasteiger partial charge on any atom is 0.113 e. The van der Waals surface area contributed by atoms with Gasteiger partial charge in [-0.2, -0.15) is 0 Å². The van der Waals surface area contributed by atoms with Crippen LogP contribution in [0, 0.1) is 5.92 Å². The molecule has 17 heavy (non-hydrogen) atoms. The van der Waals surface area contributed by atoms with Crippen LogP contribution in [-0.2, 0) is 16.1 Å². The van der Waals surface area contributed by atoms with Gasteiger partial charge in [0.2, 0.25) is 0 Å². The highest BCUT2D eigenvalue weighted by molar-refractivity contribution is 5.13. The van der Waals surface area contributed by atoms with E-state index in [1.54, 1.807) is 0 Å². The molecule has 1 saturated heterocycles. The molecule has 0 bridgehead atoms. The second kappa shape index (κ2) is 4.38. The van der Waals surface area contributed by atoms with Gasteiger partial charge in [0.15, 0.2) is 0 Å². The highest BCUT2D eigenvalue weighted by Crippen LogP contribution is 2.42. The Morgan fingerprint density at radius 1 is 1.06 bits per heavy atom. The molecule has 3 rings (SSSR count). The number of benzene rings is 1. The molecule has 5 atom stereocenters. The van der Waals surface area contributed by atoms with Crippen molar-refractivity contribution in [2.75, 3.05) is 6.61 Å². The first-order chi connectivity index (χ1) is 8.27. The van der Waals surface area contributed by atoms with Gasteiger partial charge in [0.1, 0.15) is 12.2 Å². The predicted molar refractivity (Wildman–Crippen MR) is 60.3 cm³/mol. The third-order valence-electron chi connectivity index (χ3n) is 3.53. The van der Waals surface area contributed by atoms with Gasteiger partial charge < -0.3 is 19.7 Å². The van der Waals surface area contributed by atoms with Gasteiger partial charge in [-0.05, 0) is 5.56 Å². The van der Waals surface area contributed by atoms with E-state index < -0.39 is 12.2 Å². The van der Waals surface area contributed by atoms with Crippen LogP contribution in [0.1, 0.15) is 5.56 Å². The van der Waals surface area contributed by atoms with Crippen LogP contribution in [0.3, 0.4) is 0 Å². The number of hydrogen-bond donors (Lipinski definition) is 2. The lowest BCUT2D eigenvalue weighted by atomic mass is 10.0. The summed E-state index contributed by atoms with van der Waals surface area (Å²) in [6, 6.07) is 9.85. The van der Waals surface area contributed by atoms with Gasteiger partial charge in [-0.25, -0.2) is 0 Å². The van der Waals surface area contributed by atoms with Crippen molar-refractivity contribution in [1.82, 2.24) is 0 Å². The van der Waals surface area contributed by atoms with E-state index in [0.29, 0.717) is 13.2 Å². The summed E-state index contributed by atoms with van der Waals surface area (Å²) in [5.74, 6) is -0.220. The first kappa shape index (κ1) is 11.2. The van der Waals surface area contributed by atoms with Gasteiger partial charge in [0.05, 0.1) is 25.4 Å². The molecular formula is C13H16O4. The molecule has 2 fully saturated rings. The lowest BCUT2D eigenvalue weighted by Gasteiger charge is -2.20. The highest BCUT2D eigenvalue weighted by atomic mass is 16.6. The fourth-order valence-electron chi connectivity index (χ4n) is 2.46. The van der Waals surface area contributed by atoms with Crippen molar-refractivity contribution in [3.63, 3.8) is 0 Å². The number of rotatable bonds is 4. The normalized spacial score (nSPS) is 39.1. The van der Waals surface area contributed by atoms with Crippen LogP contribution in [0.5, 0.6) is 0 Å². The van der Waals surface area contributed by atoms with Crippen LogP contribution in [0.15, 0.2) is 30.3 Å². The Hall–Kier alpha value is -0.940. The molecule has 2 N–H and O–H groups in total. The Kier molecular flexibility index (Phi) is 2.88. The monoisotopic (exact) mass is 236 g/mol. The fourth-order valence-corrected chi connectivity index (χ4v) is 2.46. The van der Waals surface area contributed by atoms with Gasteiger partial charge >= 0.3 is 0 Å². The number of hydrogen-bond acceptors (Lipinski definition) is 4. The van der Waals surface area contributed by atoms with E-state index in [1.165, 1.54) is 0 Å². The SMILES string of the molecule is O[C@@H]1[C@@H](COCc2ccccc2)[C@H](O)[C@@H]2O[C@H]12. The van der Waals surface area contributed by atoms with Crippen molar-refractivity contribution >= 4 is 0 Å². The molecule has 2 aliphatic rings. The lowest BCUT2D eigenvalue weighted by molar-refractivity contribution is -0.0509. The van der Waals surface area contributed by atoms with E-state index in [-0.39, 0.29) is 18.1 Å². The Morgan fingerprint density at radius 3 is 2.35 bits per heavy atom. The van der Waals surface area contributed by atoms with Crippen LogP contribution < -0.4 is 0 Å². The largest absolute Gasteiger partial charge is 0.390 e. The minimum atomic E-state index is -0.592. The topological polar surface area (TPSA) is 62.2 Å². The van der Waals surface area contributed by atoms with E-state index in [4.69, 9.17) is 9.47 Å². The number of aliphatic hydroxyl groups is 2. The van der Waals surface area contributed by atoms with Gasteiger partial charge in [0, 0.05) is 5.92 Å². The average Bonchev–Trinajstić information content (AvgIpc) is 3.10. The second-order valence-corrected chi connectivity index (χ2v) is 4.71. The molecule has 4 nitrogen and oxygen atoms in total. The van der Waals surface area contributed by atoms with Crippen molar-refractivity contribution in [1.29, 1.82) is 0 Å². The Morgan fingerprint density at radius 2 is 1.71 bits per heavy atom. The molecular weight excluding hydrogens is 220 g/mol. The summed E-state index contributed by atoms with van der Waals surface area (Å²) < 4.78 is 10.7. The van der Waals surface area contributed by atoms with Crippen LogP contribution >= 0.6 is 0 Å². The van der Waals surface area contributed by atoms with Gasteiger partial charge in [0.25, 0.3) is 0 Å². The van der Waals surface area contributed by atoms with Crippen LogP contribution in [0.2, 0.25) is 0 Å². The third kappa shape index (κ3) is 2.09. The Balaban J connectivity index is 1.49. The molecule has 1 saturated carbocycles. The predicted octanol–water partition coefficient (Wildman–Crippen LogP) is 0.322. The van der Waals surface area contributed by atoms with E-state index in [1.807, 2.05) is 30.3 Å². The zero-order valence-corrected chi connectivity index (χ0v) is 9.40. The van der Waals surface area contributed by atoms with Crippen LogP contribution in [0.25, 0.3) is 0 Å². The summed E-state index contributed by atoms with van der Waals surface area (Å²) in [6.07, 6.45) is -1.53. The molecule has 1 heterocycles. The van der Waals surface area contributed by atoms with Crippen LogP contribution in [-0.4, -0.2) is 41.2 Å². The van der Waals surface area contributed by atoms with E-state index >= 15 is 0 Å². The molecule has 92 valence electrons. The lowest BCUT2D eigenvalue weighted by Crippen LogP contribution is -2.33. The summed E-state index contributed by atoms with van der Waals surface area (Å²) >= 11 is 0. The minimum absolute atomic E-state index is 0.171. The maximum atomic E-state index is 9.80. The molecule has 0 radical (unpaired) electrons. The molecule has 1 aliphatic heterocycles. The Bertz CT molecular complexity index is 366. The number of fused-ring (bicyclic) bond motifs is 1. The summed E-state index contributed by atoms with van der Waals surface area (Å²) in [6.45, 7) is 0.876. The van der Waals surface area contributed by atoms with Crippen molar-refractivity contribution in [3.05, 3.63) is 35.9 Å². The highest BCUT2D eigenvalue weighted by Gasteiger charge is 2.61. The van der Waals surface area contributed by atoms with Crippen LogP contribution in [0.4, 0.5) is 0 Å². The molecule has 1 aliphatic carbocycles. The molecule has 1 aromatic carbocycles. The standard InChI is InChI=1S/C13H16O4/c14-10-9(11(15)13-12(10)17-13)7-16-6-8-4-2-1-3-5-8/h1-5,9-15H,6-7H2/t9-,10-,11+,12-,13+. The Labute approximate surface area is 99.8 Å². The summed E-state index contributed by atoms with van der Waals surface area (Å²) in [5.41, 5.74) is 1.09. The zero-order chi connectivity index (χ0) is 11.8. The molecule has 1 aromatic rings. The quantitative estimate of drug-likeness (QED) is 0.739. The molecule has 0 unspecified atom stereocenters. The maximum absolute atomic E-state index is 9.80. The third-order valence-corrected chi connectivity index (χ3v) is 3.53. The second-order valence-electron chi connectivity index (χ2n) is 4.71. The number of epoxide rings is 1. The fraction of sp³-hybridized carbons (Fsp3) is 0.538. The molecule has 0 aromatic heterocycles. The summed E-state index contributed by atoms with van der Waals surface area (Å²) in [5, 5.41) is 19.6. The zero-order valence-electron chi connectivity index (χ0n) is 9.40. The van der Waals surface area contributed by atoms with E-state index in [0.717, 1.165) is 5.56 Å². The smallest absolute Gasteiger partial charge is 0.113 e. The number of ether oxygens (including phenoxy) is 2. The van der Waals surface area contributed by atoms with Crippen molar-refractivity contribution in [2.24, 2.45) is 5.92 Å². The van der Waals surface area contributed by atoms with E-state index in [2.05, 4.69) is 0 Å². The summed E-state index contributed by atoms with van der Waals surface area (Å²) in [7, 11) is 0. The average molecular weight is 236 g/mol. The molecule has 4 heteroatoms. The van der Waals surface area contributed by atoms with Gasteiger partial charge in [-0.1, -0.05) is 30.3 Å². The molecule has 0 amide bonds. The minimum Gasteiger partial charge on any atom is -0.390 e. The van der Waals surface area contributed by atoms with Crippen molar-refractivity contribution in [3.8, 4) is 0 Å². The first-order valence-electron chi connectivity index (χ1n) is 5.90.